The molecule has 0 aromatic carbocycles. The molecule has 2 aromatic rings. The Kier molecular flexibility index (Phi) is 4.30. The Labute approximate surface area is 140 Å². The fourth-order valence-electron chi connectivity index (χ4n) is 2.35. The molecule has 24 heavy (non-hydrogen) atoms. The maximum atomic E-state index is 9.19. The molecule has 122 valence electrons. The number of hydrogen-bond acceptors (Lipinski definition) is 7. The van der Waals surface area contributed by atoms with Crippen molar-refractivity contribution in [2.24, 2.45) is 0 Å². The number of nitrogens with zero attached hydrogens (tertiary/aromatic N) is 6. The van der Waals surface area contributed by atoms with E-state index >= 15 is 0 Å². The van der Waals surface area contributed by atoms with Crippen molar-refractivity contribution in [3.63, 3.8) is 0 Å². The molecular weight excluding hydrogens is 304 g/mol. The maximum absolute atomic E-state index is 9.19. The lowest BCUT2D eigenvalue weighted by Gasteiger charge is -2.11. The first-order chi connectivity index (χ1) is 11.7. The van der Waals surface area contributed by atoms with E-state index in [1.54, 1.807) is 10.9 Å². The number of hydrogen-bond donors (Lipinski definition) is 2. The molecule has 0 saturated heterocycles. The summed E-state index contributed by atoms with van der Waals surface area (Å²) < 4.78 is 1.69. The summed E-state index contributed by atoms with van der Waals surface area (Å²) >= 11 is 0. The van der Waals surface area contributed by atoms with E-state index < -0.39 is 0 Å². The Morgan fingerprint density at radius 3 is 2.79 bits per heavy atom. The van der Waals surface area contributed by atoms with Crippen LogP contribution in [-0.4, -0.2) is 25.8 Å². The fourth-order valence-corrected chi connectivity index (χ4v) is 2.35. The maximum Gasteiger partial charge on any atom is 0.229 e. The van der Waals surface area contributed by atoms with E-state index in [9.17, 15) is 5.26 Å². The van der Waals surface area contributed by atoms with Crippen molar-refractivity contribution in [1.29, 1.82) is 10.5 Å². The van der Waals surface area contributed by atoms with Crippen LogP contribution in [0.4, 0.5) is 17.5 Å². The summed E-state index contributed by atoms with van der Waals surface area (Å²) in [4.78, 5) is 8.58. The first-order valence-corrected chi connectivity index (χ1v) is 7.90. The van der Waals surface area contributed by atoms with Crippen LogP contribution in [0.1, 0.15) is 43.5 Å². The van der Waals surface area contributed by atoms with Crippen LogP contribution in [0.5, 0.6) is 0 Å². The van der Waals surface area contributed by atoms with Gasteiger partial charge in [-0.1, -0.05) is 6.92 Å². The van der Waals surface area contributed by atoms with E-state index in [1.807, 2.05) is 13.8 Å². The van der Waals surface area contributed by atoms with E-state index in [0.29, 0.717) is 29.8 Å². The van der Waals surface area contributed by atoms with Gasteiger partial charge >= 0.3 is 0 Å². The van der Waals surface area contributed by atoms with Crippen molar-refractivity contribution in [2.45, 2.75) is 45.2 Å². The molecule has 0 bridgehead atoms. The predicted octanol–water partition coefficient (Wildman–Crippen LogP) is 2.65. The summed E-state index contributed by atoms with van der Waals surface area (Å²) in [6, 6.07) is 4.43. The summed E-state index contributed by atoms with van der Waals surface area (Å²) in [7, 11) is 0. The van der Waals surface area contributed by atoms with E-state index in [0.717, 1.165) is 24.2 Å². The molecule has 1 aliphatic carbocycles. The van der Waals surface area contributed by atoms with Gasteiger partial charge in [-0.3, -0.25) is 4.68 Å². The molecule has 2 heterocycles. The lowest BCUT2D eigenvalue weighted by molar-refractivity contribution is 0.522. The summed E-state index contributed by atoms with van der Waals surface area (Å²) in [5.74, 6) is 0.941. The van der Waals surface area contributed by atoms with Gasteiger partial charge < -0.3 is 10.6 Å². The molecule has 0 radical (unpaired) electrons. The molecule has 1 saturated carbocycles. The highest BCUT2D eigenvalue weighted by molar-refractivity contribution is 5.60. The van der Waals surface area contributed by atoms with Gasteiger partial charge in [0.2, 0.25) is 5.95 Å². The van der Waals surface area contributed by atoms with E-state index in [1.165, 1.54) is 6.20 Å². The van der Waals surface area contributed by atoms with Crippen LogP contribution in [-0.2, 0) is 0 Å². The summed E-state index contributed by atoms with van der Waals surface area (Å²) in [6.45, 7) is 3.84. The normalized spacial score (nSPS) is 14.5. The van der Waals surface area contributed by atoms with E-state index in [2.05, 4.69) is 37.8 Å². The number of rotatable bonds is 6. The van der Waals surface area contributed by atoms with Gasteiger partial charge in [-0.15, -0.1) is 0 Å². The molecule has 1 fully saturated rings. The largest absolute Gasteiger partial charge is 0.366 e. The zero-order chi connectivity index (χ0) is 17.1. The monoisotopic (exact) mass is 322 g/mol. The van der Waals surface area contributed by atoms with Crippen LogP contribution in [0, 0.1) is 29.6 Å². The van der Waals surface area contributed by atoms with Gasteiger partial charge in [-0.25, -0.2) is 4.98 Å². The third-order valence-electron chi connectivity index (χ3n) is 3.95. The van der Waals surface area contributed by atoms with Gasteiger partial charge in [0.15, 0.2) is 0 Å². The Hall–Kier alpha value is -3.13. The Morgan fingerprint density at radius 2 is 2.17 bits per heavy atom. The molecule has 8 nitrogen and oxygen atoms in total. The van der Waals surface area contributed by atoms with Crippen molar-refractivity contribution < 1.29 is 0 Å². The lowest BCUT2D eigenvalue weighted by Crippen LogP contribution is -2.10. The van der Waals surface area contributed by atoms with Crippen LogP contribution in [0.3, 0.4) is 0 Å². The number of nitriles is 2. The van der Waals surface area contributed by atoms with Gasteiger partial charge in [0.25, 0.3) is 0 Å². The van der Waals surface area contributed by atoms with Gasteiger partial charge in [0, 0.05) is 6.04 Å². The van der Waals surface area contributed by atoms with Gasteiger partial charge in [0.1, 0.15) is 23.5 Å². The van der Waals surface area contributed by atoms with Crippen molar-refractivity contribution >= 4 is 17.5 Å². The molecule has 1 atom stereocenters. The standard InChI is InChI=1S/C16H18N8/c1-3-13(7-18)24-10(2)14(9-20-24)22-16-19-8-11(6-17)15(23-16)21-12-4-5-12/h8-9,12-13H,3-5H2,1-2H3,(H2,19,21,22,23). The highest BCUT2D eigenvalue weighted by Gasteiger charge is 2.23. The minimum absolute atomic E-state index is 0.297. The van der Waals surface area contributed by atoms with Crippen LogP contribution in [0.2, 0.25) is 0 Å². The number of aromatic nitrogens is 4. The Morgan fingerprint density at radius 1 is 1.38 bits per heavy atom. The second-order valence-corrected chi connectivity index (χ2v) is 5.75. The molecule has 2 N–H and O–H groups in total. The van der Waals surface area contributed by atoms with Crippen LogP contribution in [0.15, 0.2) is 12.4 Å². The van der Waals surface area contributed by atoms with Crippen molar-refractivity contribution in [3.8, 4) is 12.1 Å². The average molecular weight is 322 g/mol. The molecule has 0 aliphatic heterocycles. The molecular formula is C16H18N8. The van der Waals surface area contributed by atoms with Gasteiger partial charge in [-0.2, -0.15) is 20.6 Å². The van der Waals surface area contributed by atoms with Crippen molar-refractivity contribution in [2.75, 3.05) is 10.6 Å². The fraction of sp³-hybridized carbons (Fsp3) is 0.438. The lowest BCUT2D eigenvalue weighted by atomic mass is 10.2. The smallest absolute Gasteiger partial charge is 0.229 e. The van der Waals surface area contributed by atoms with Crippen LogP contribution in [0.25, 0.3) is 0 Å². The molecule has 1 unspecified atom stereocenters. The number of nitrogens with one attached hydrogen (secondary N) is 2. The van der Waals surface area contributed by atoms with Crippen molar-refractivity contribution in [1.82, 2.24) is 19.7 Å². The Balaban J connectivity index is 1.84. The highest BCUT2D eigenvalue weighted by Crippen LogP contribution is 2.27. The molecule has 8 heteroatoms. The third-order valence-corrected chi connectivity index (χ3v) is 3.95. The molecule has 0 spiro atoms. The molecule has 0 amide bonds. The minimum Gasteiger partial charge on any atom is -0.366 e. The second-order valence-electron chi connectivity index (χ2n) is 5.75. The summed E-state index contributed by atoms with van der Waals surface area (Å²) in [5.41, 5.74) is 2.01. The first-order valence-electron chi connectivity index (χ1n) is 7.90. The third kappa shape index (κ3) is 3.13. The molecule has 3 rings (SSSR count). The molecule has 1 aliphatic rings. The number of anilines is 3. The predicted molar refractivity (Wildman–Crippen MR) is 88.6 cm³/mol. The highest BCUT2D eigenvalue weighted by atomic mass is 15.3. The average Bonchev–Trinajstić information content (AvgIpc) is 3.34. The van der Waals surface area contributed by atoms with Gasteiger partial charge in [0.05, 0.1) is 29.8 Å². The topological polar surface area (TPSA) is 115 Å². The van der Waals surface area contributed by atoms with E-state index in [-0.39, 0.29) is 6.04 Å². The SMILES string of the molecule is CCC(C#N)n1ncc(Nc2ncc(C#N)c(NC3CC3)n2)c1C. The quantitative estimate of drug-likeness (QED) is 0.839. The van der Waals surface area contributed by atoms with Gasteiger partial charge in [-0.05, 0) is 26.2 Å². The van der Waals surface area contributed by atoms with Crippen LogP contribution < -0.4 is 10.6 Å². The Bertz CT molecular complexity index is 822. The van der Waals surface area contributed by atoms with E-state index in [4.69, 9.17) is 5.26 Å². The minimum atomic E-state index is -0.297. The first kappa shape index (κ1) is 15.8. The zero-order valence-electron chi connectivity index (χ0n) is 13.6. The van der Waals surface area contributed by atoms with Crippen molar-refractivity contribution in [3.05, 3.63) is 23.7 Å². The molecule has 2 aromatic heterocycles. The second kappa shape index (κ2) is 6.55. The van der Waals surface area contributed by atoms with Crippen LogP contribution >= 0.6 is 0 Å². The summed E-state index contributed by atoms with van der Waals surface area (Å²) in [6.07, 6.45) is 6.03. The summed E-state index contributed by atoms with van der Waals surface area (Å²) in [5, 5.41) is 29.0. The zero-order valence-corrected chi connectivity index (χ0v) is 13.6.